The second kappa shape index (κ2) is 4.56. The number of fused-ring (bicyclic) bond motifs is 3. The normalized spacial score (nSPS) is 11.2. The summed E-state index contributed by atoms with van der Waals surface area (Å²) in [6, 6.07) is 16.7. The van der Waals surface area contributed by atoms with Gasteiger partial charge in [-0.3, -0.25) is 9.55 Å². The molecule has 0 fully saturated rings. The minimum absolute atomic E-state index is 0.899. The number of hydrogen-bond donors (Lipinski definition) is 0. The number of para-hydroxylation sites is 1. The Labute approximate surface area is 129 Å². The third-order valence-corrected chi connectivity index (χ3v) is 4.03. The zero-order chi connectivity index (χ0) is 13.5. The molecule has 2 aromatic heterocycles. The maximum atomic E-state index is 4.52. The fourth-order valence-electron chi connectivity index (χ4n) is 2.53. The van der Waals surface area contributed by atoms with Crippen LogP contribution in [0.15, 0.2) is 60.9 Å². The smallest absolute Gasteiger partial charge is 0.164 e. The quantitative estimate of drug-likeness (QED) is 0.470. The lowest BCUT2D eigenvalue weighted by molar-refractivity contribution is 1.12. The van der Waals surface area contributed by atoms with E-state index < -0.39 is 0 Å². The molecule has 0 aliphatic rings. The molecule has 0 radical (unpaired) electrons. The molecule has 4 heteroatoms. The Hall–Kier alpha value is -1.95. The standard InChI is InChI=1S/C16H10IN3/c17-11-6-7-14-13(10-11)15-16(19-9-8-18-15)20(14)12-4-2-1-3-5-12/h1-10H. The first-order valence-electron chi connectivity index (χ1n) is 6.31. The maximum absolute atomic E-state index is 4.52. The first-order valence-corrected chi connectivity index (χ1v) is 7.38. The van der Waals surface area contributed by atoms with Gasteiger partial charge in [0, 0.05) is 27.0 Å². The molecular formula is C16H10IN3. The summed E-state index contributed by atoms with van der Waals surface area (Å²) in [5.41, 5.74) is 4.09. The molecule has 0 atom stereocenters. The van der Waals surface area contributed by atoms with Gasteiger partial charge in [-0.15, -0.1) is 0 Å². The Bertz CT molecular complexity index is 913. The zero-order valence-electron chi connectivity index (χ0n) is 10.5. The number of nitrogens with zero attached hydrogens (tertiary/aromatic N) is 3. The van der Waals surface area contributed by atoms with Crippen LogP contribution in [0.4, 0.5) is 0 Å². The summed E-state index contributed by atoms with van der Waals surface area (Å²) in [7, 11) is 0. The van der Waals surface area contributed by atoms with Gasteiger partial charge in [0.2, 0.25) is 0 Å². The predicted molar refractivity (Wildman–Crippen MR) is 89.1 cm³/mol. The summed E-state index contributed by atoms with van der Waals surface area (Å²) in [5.74, 6) is 0. The average Bonchev–Trinajstić information content (AvgIpc) is 2.82. The van der Waals surface area contributed by atoms with Crippen LogP contribution in [0.2, 0.25) is 0 Å². The van der Waals surface area contributed by atoms with Gasteiger partial charge in [-0.1, -0.05) is 18.2 Å². The third-order valence-electron chi connectivity index (χ3n) is 3.36. The van der Waals surface area contributed by atoms with Crippen molar-refractivity contribution < 1.29 is 0 Å². The van der Waals surface area contributed by atoms with Gasteiger partial charge in [0.05, 0.1) is 5.52 Å². The molecule has 3 nitrogen and oxygen atoms in total. The van der Waals surface area contributed by atoms with Gasteiger partial charge < -0.3 is 0 Å². The molecule has 4 rings (SSSR count). The molecule has 0 unspecified atom stereocenters. The Balaban J connectivity index is 2.22. The highest BCUT2D eigenvalue weighted by Crippen LogP contribution is 2.30. The van der Waals surface area contributed by atoms with Crippen LogP contribution >= 0.6 is 22.6 Å². The number of aromatic nitrogens is 3. The lowest BCUT2D eigenvalue weighted by Gasteiger charge is -2.05. The number of halogens is 1. The average molecular weight is 371 g/mol. The van der Waals surface area contributed by atoms with Crippen LogP contribution in [-0.2, 0) is 0 Å². The van der Waals surface area contributed by atoms with Crippen LogP contribution in [0, 0.1) is 3.57 Å². The molecule has 0 N–H and O–H groups in total. The second-order valence-electron chi connectivity index (χ2n) is 4.56. The van der Waals surface area contributed by atoms with Crippen LogP contribution in [0.3, 0.4) is 0 Å². The van der Waals surface area contributed by atoms with Gasteiger partial charge in [-0.05, 0) is 52.9 Å². The van der Waals surface area contributed by atoms with E-state index in [1.807, 2.05) is 18.2 Å². The maximum Gasteiger partial charge on any atom is 0.164 e. The Morgan fingerprint density at radius 3 is 2.55 bits per heavy atom. The summed E-state index contributed by atoms with van der Waals surface area (Å²) >= 11 is 2.33. The van der Waals surface area contributed by atoms with Crippen LogP contribution < -0.4 is 0 Å². The minimum atomic E-state index is 0.899. The van der Waals surface area contributed by atoms with E-state index in [1.54, 1.807) is 12.4 Å². The van der Waals surface area contributed by atoms with Crippen molar-refractivity contribution in [2.75, 3.05) is 0 Å². The first kappa shape index (κ1) is 11.8. The fraction of sp³-hybridized carbons (Fsp3) is 0. The molecule has 2 heterocycles. The molecule has 0 aliphatic carbocycles. The number of rotatable bonds is 1. The molecular weight excluding hydrogens is 361 g/mol. The molecule has 0 amide bonds. The molecule has 0 spiro atoms. The summed E-state index contributed by atoms with van der Waals surface area (Å²) in [6.45, 7) is 0. The van der Waals surface area contributed by atoms with E-state index in [4.69, 9.17) is 0 Å². The topological polar surface area (TPSA) is 30.7 Å². The number of benzene rings is 2. The lowest BCUT2D eigenvalue weighted by Crippen LogP contribution is -1.94. The lowest BCUT2D eigenvalue weighted by atomic mass is 10.2. The van der Waals surface area contributed by atoms with Crippen molar-refractivity contribution in [1.29, 1.82) is 0 Å². The van der Waals surface area contributed by atoms with Crippen molar-refractivity contribution in [1.82, 2.24) is 14.5 Å². The molecule has 0 aliphatic heterocycles. The summed E-state index contributed by atoms with van der Waals surface area (Å²) in [6.07, 6.45) is 3.49. The van der Waals surface area contributed by atoms with E-state index in [9.17, 15) is 0 Å². The molecule has 0 saturated heterocycles. The van der Waals surface area contributed by atoms with E-state index in [0.29, 0.717) is 0 Å². The molecule has 0 bridgehead atoms. The van der Waals surface area contributed by atoms with Crippen molar-refractivity contribution in [3.63, 3.8) is 0 Å². The Kier molecular flexibility index (Phi) is 2.70. The molecule has 20 heavy (non-hydrogen) atoms. The molecule has 4 aromatic rings. The Morgan fingerprint density at radius 2 is 1.70 bits per heavy atom. The first-order chi connectivity index (χ1) is 9.84. The van der Waals surface area contributed by atoms with Crippen molar-refractivity contribution >= 4 is 44.7 Å². The zero-order valence-corrected chi connectivity index (χ0v) is 12.7. The highest BCUT2D eigenvalue weighted by molar-refractivity contribution is 14.1. The SMILES string of the molecule is Ic1ccc2c(c1)c1nccnc1n2-c1ccccc1. The van der Waals surface area contributed by atoms with Gasteiger partial charge in [0.1, 0.15) is 5.52 Å². The highest BCUT2D eigenvalue weighted by Gasteiger charge is 2.13. The van der Waals surface area contributed by atoms with Gasteiger partial charge in [0.25, 0.3) is 0 Å². The van der Waals surface area contributed by atoms with Crippen molar-refractivity contribution in [3.05, 3.63) is 64.5 Å². The van der Waals surface area contributed by atoms with Crippen LogP contribution in [0.1, 0.15) is 0 Å². The van der Waals surface area contributed by atoms with Gasteiger partial charge in [-0.2, -0.15) is 0 Å². The van der Waals surface area contributed by atoms with E-state index in [1.165, 1.54) is 3.57 Å². The number of hydrogen-bond acceptors (Lipinski definition) is 2. The molecule has 0 saturated carbocycles. The monoisotopic (exact) mass is 371 g/mol. The second-order valence-corrected chi connectivity index (χ2v) is 5.81. The largest absolute Gasteiger partial charge is 0.293 e. The van der Waals surface area contributed by atoms with E-state index in [0.717, 1.165) is 27.8 Å². The van der Waals surface area contributed by atoms with Gasteiger partial charge >= 0.3 is 0 Å². The van der Waals surface area contributed by atoms with E-state index in [-0.39, 0.29) is 0 Å². The van der Waals surface area contributed by atoms with Gasteiger partial charge in [-0.25, -0.2) is 4.98 Å². The fourth-order valence-corrected chi connectivity index (χ4v) is 3.02. The summed E-state index contributed by atoms with van der Waals surface area (Å²) in [5, 5.41) is 1.14. The van der Waals surface area contributed by atoms with Crippen LogP contribution in [0.25, 0.3) is 27.8 Å². The molecule has 96 valence electrons. The molecule has 2 aromatic carbocycles. The van der Waals surface area contributed by atoms with E-state index in [2.05, 4.69) is 67.5 Å². The minimum Gasteiger partial charge on any atom is -0.293 e. The summed E-state index contributed by atoms with van der Waals surface area (Å²) < 4.78 is 3.36. The highest BCUT2D eigenvalue weighted by atomic mass is 127. The van der Waals surface area contributed by atoms with Crippen molar-refractivity contribution in [2.24, 2.45) is 0 Å². The van der Waals surface area contributed by atoms with Crippen LogP contribution in [-0.4, -0.2) is 14.5 Å². The van der Waals surface area contributed by atoms with Crippen molar-refractivity contribution in [3.8, 4) is 5.69 Å². The van der Waals surface area contributed by atoms with Gasteiger partial charge in [0.15, 0.2) is 5.65 Å². The van der Waals surface area contributed by atoms with E-state index >= 15 is 0 Å². The van der Waals surface area contributed by atoms with Crippen LogP contribution in [0.5, 0.6) is 0 Å². The Morgan fingerprint density at radius 1 is 0.900 bits per heavy atom. The summed E-state index contributed by atoms with van der Waals surface area (Å²) in [4.78, 5) is 9.03. The van der Waals surface area contributed by atoms with Crippen molar-refractivity contribution in [2.45, 2.75) is 0 Å². The third kappa shape index (κ3) is 1.71. The predicted octanol–water partition coefficient (Wildman–Crippen LogP) is 4.18.